The lowest BCUT2D eigenvalue weighted by atomic mass is 9.92. The van der Waals surface area contributed by atoms with Crippen LogP contribution in [-0.4, -0.2) is 28.4 Å². The quantitative estimate of drug-likeness (QED) is 0.569. The Morgan fingerprint density at radius 1 is 1.12 bits per heavy atom. The Balaban J connectivity index is 1.55. The van der Waals surface area contributed by atoms with Crippen LogP contribution in [0.25, 0.3) is 0 Å². The maximum atomic E-state index is 11.9. The number of benzene rings is 2. The van der Waals surface area contributed by atoms with Gasteiger partial charge in [-0.15, -0.1) is 0 Å². The van der Waals surface area contributed by atoms with Crippen molar-refractivity contribution in [2.45, 2.75) is 32.6 Å². The van der Waals surface area contributed by atoms with Crippen molar-refractivity contribution in [1.82, 2.24) is 5.43 Å². The van der Waals surface area contributed by atoms with Crippen molar-refractivity contribution in [3.8, 4) is 17.2 Å². The Morgan fingerprint density at radius 2 is 1.88 bits per heavy atom. The molecule has 6 nitrogen and oxygen atoms in total. The number of hydrazone groups is 1. The van der Waals surface area contributed by atoms with E-state index in [1.807, 2.05) is 12.1 Å². The van der Waals surface area contributed by atoms with Crippen molar-refractivity contribution < 1.29 is 19.7 Å². The minimum atomic E-state index is -0.389. The SMILES string of the molecule is C/C(=N/NC(=O)COc1ccc2c(c1)CCCC2)c1ccc(O)cc1O. The van der Waals surface area contributed by atoms with Gasteiger partial charge in [0.1, 0.15) is 17.2 Å². The zero-order valence-corrected chi connectivity index (χ0v) is 14.7. The Hall–Kier alpha value is -3.02. The summed E-state index contributed by atoms with van der Waals surface area (Å²) in [6.07, 6.45) is 4.57. The minimum Gasteiger partial charge on any atom is -0.508 e. The molecule has 0 aromatic heterocycles. The molecule has 2 aromatic carbocycles. The van der Waals surface area contributed by atoms with Gasteiger partial charge in [0.2, 0.25) is 0 Å². The first-order valence-electron chi connectivity index (χ1n) is 8.63. The maximum absolute atomic E-state index is 11.9. The van der Waals surface area contributed by atoms with E-state index in [-0.39, 0.29) is 24.0 Å². The number of amides is 1. The van der Waals surface area contributed by atoms with Gasteiger partial charge >= 0.3 is 0 Å². The molecule has 1 aliphatic rings. The van der Waals surface area contributed by atoms with E-state index in [0.717, 1.165) is 12.8 Å². The Kier molecular flexibility index (Phi) is 5.41. The van der Waals surface area contributed by atoms with Crippen LogP contribution in [0, 0.1) is 0 Å². The largest absolute Gasteiger partial charge is 0.508 e. The predicted molar refractivity (Wildman–Crippen MR) is 98.7 cm³/mol. The second-order valence-electron chi connectivity index (χ2n) is 6.36. The van der Waals surface area contributed by atoms with Crippen LogP contribution in [-0.2, 0) is 17.6 Å². The highest BCUT2D eigenvalue weighted by atomic mass is 16.5. The number of carbonyl (C=O) groups is 1. The van der Waals surface area contributed by atoms with E-state index in [0.29, 0.717) is 17.0 Å². The van der Waals surface area contributed by atoms with Crippen molar-refractivity contribution in [3.05, 3.63) is 53.1 Å². The summed E-state index contributed by atoms with van der Waals surface area (Å²) < 4.78 is 5.55. The summed E-state index contributed by atoms with van der Waals surface area (Å²) in [5.41, 5.74) is 5.92. The predicted octanol–water partition coefficient (Wildman–Crippen LogP) is 2.90. The highest BCUT2D eigenvalue weighted by Gasteiger charge is 2.11. The van der Waals surface area contributed by atoms with Crippen molar-refractivity contribution in [2.24, 2.45) is 5.10 Å². The molecule has 1 amide bonds. The van der Waals surface area contributed by atoms with Gasteiger partial charge in [-0.2, -0.15) is 5.10 Å². The molecule has 0 saturated carbocycles. The topological polar surface area (TPSA) is 91.2 Å². The van der Waals surface area contributed by atoms with E-state index in [9.17, 15) is 15.0 Å². The number of hydrogen-bond acceptors (Lipinski definition) is 5. The molecule has 0 spiro atoms. The first-order chi connectivity index (χ1) is 12.5. The molecular weight excluding hydrogens is 332 g/mol. The molecule has 6 heteroatoms. The third-order valence-corrected chi connectivity index (χ3v) is 4.41. The number of hydrogen-bond donors (Lipinski definition) is 3. The number of nitrogens with zero attached hydrogens (tertiary/aromatic N) is 1. The van der Waals surface area contributed by atoms with Gasteiger partial charge < -0.3 is 14.9 Å². The summed E-state index contributed by atoms with van der Waals surface area (Å²) in [5, 5.41) is 23.1. The van der Waals surface area contributed by atoms with E-state index in [4.69, 9.17) is 4.74 Å². The number of carbonyl (C=O) groups excluding carboxylic acids is 1. The van der Waals surface area contributed by atoms with Crippen molar-refractivity contribution in [2.75, 3.05) is 6.61 Å². The number of fused-ring (bicyclic) bond motifs is 1. The first kappa shape index (κ1) is 17.8. The van der Waals surface area contributed by atoms with Gasteiger partial charge in [0.05, 0.1) is 5.71 Å². The third-order valence-electron chi connectivity index (χ3n) is 4.41. The summed E-state index contributed by atoms with van der Waals surface area (Å²) in [7, 11) is 0. The second-order valence-corrected chi connectivity index (χ2v) is 6.36. The van der Waals surface area contributed by atoms with Gasteiger partial charge in [0.25, 0.3) is 5.91 Å². The van der Waals surface area contributed by atoms with Crippen LogP contribution in [0.1, 0.15) is 36.5 Å². The summed E-state index contributed by atoms with van der Waals surface area (Å²) in [6, 6.07) is 10.1. The molecule has 0 bridgehead atoms. The van der Waals surface area contributed by atoms with Crippen molar-refractivity contribution in [3.63, 3.8) is 0 Å². The van der Waals surface area contributed by atoms with Gasteiger partial charge in [0, 0.05) is 11.6 Å². The Bertz CT molecular complexity index is 846. The van der Waals surface area contributed by atoms with Gasteiger partial charge in [-0.3, -0.25) is 4.79 Å². The zero-order valence-electron chi connectivity index (χ0n) is 14.7. The number of phenolic OH excluding ortho intramolecular Hbond substituents is 2. The van der Waals surface area contributed by atoms with Crippen LogP contribution < -0.4 is 10.2 Å². The zero-order chi connectivity index (χ0) is 18.5. The number of rotatable bonds is 5. The standard InChI is InChI=1S/C20H22N2O4/c1-13(18-9-7-16(23)11-19(18)24)21-22-20(25)12-26-17-8-6-14-4-2-3-5-15(14)10-17/h6-11,23-24H,2-5,12H2,1H3,(H,22,25)/b21-13-. The molecule has 0 heterocycles. The molecule has 3 N–H and O–H groups in total. The van der Waals surface area contributed by atoms with Crippen LogP contribution in [0.3, 0.4) is 0 Å². The molecule has 0 aliphatic heterocycles. The summed E-state index contributed by atoms with van der Waals surface area (Å²) in [5.74, 6) is 0.144. The average Bonchev–Trinajstić information content (AvgIpc) is 2.64. The van der Waals surface area contributed by atoms with Crippen LogP contribution in [0.5, 0.6) is 17.2 Å². The lowest BCUT2D eigenvalue weighted by molar-refractivity contribution is -0.123. The lowest BCUT2D eigenvalue weighted by Crippen LogP contribution is -2.25. The molecule has 136 valence electrons. The minimum absolute atomic E-state index is 0.0402. The van der Waals surface area contributed by atoms with Crippen LogP contribution in [0.4, 0.5) is 0 Å². The fraction of sp³-hybridized carbons (Fsp3) is 0.300. The van der Waals surface area contributed by atoms with Gasteiger partial charge in [0.15, 0.2) is 6.61 Å². The fourth-order valence-electron chi connectivity index (χ4n) is 3.01. The average molecular weight is 354 g/mol. The van der Waals surface area contributed by atoms with E-state index >= 15 is 0 Å². The Morgan fingerprint density at radius 3 is 2.65 bits per heavy atom. The van der Waals surface area contributed by atoms with E-state index in [2.05, 4.69) is 16.6 Å². The number of ether oxygens (including phenoxy) is 1. The second kappa shape index (κ2) is 7.91. The molecule has 2 aromatic rings. The van der Waals surface area contributed by atoms with E-state index in [1.54, 1.807) is 6.92 Å². The van der Waals surface area contributed by atoms with Crippen LogP contribution >= 0.6 is 0 Å². The lowest BCUT2D eigenvalue weighted by Gasteiger charge is -2.16. The van der Waals surface area contributed by atoms with Crippen LogP contribution in [0.15, 0.2) is 41.5 Å². The fourth-order valence-corrected chi connectivity index (χ4v) is 3.01. The molecule has 26 heavy (non-hydrogen) atoms. The smallest absolute Gasteiger partial charge is 0.277 e. The van der Waals surface area contributed by atoms with Gasteiger partial charge in [-0.05, 0) is 68.0 Å². The third kappa shape index (κ3) is 4.33. The molecule has 0 fully saturated rings. The monoisotopic (exact) mass is 354 g/mol. The van der Waals surface area contributed by atoms with Gasteiger partial charge in [-0.25, -0.2) is 5.43 Å². The maximum Gasteiger partial charge on any atom is 0.277 e. The normalized spacial score (nSPS) is 13.8. The van der Waals surface area contributed by atoms with E-state index in [1.165, 1.54) is 42.2 Å². The van der Waals surface area contributed by atoms with Gasteiger partial charge in [-0.1, -0.05) is 6.07 Å². The molecular formula is C20H22N2O4. The molecule has 0 atom stereocenters. The summed E-state index contributed by atoms with van der Waals surface area (Å²) >= 11 is 0. The van der Waals surface area contributed by atoms with Crippen LogP contribution in [0.2, 0.25) is 0 Å². The van der Waals surface area contributed by atoms with Crippen molar-refractivity contribution >= 4 is 11.6 Å². The first-order valence-corrected chi connectivity index (χ1v) is 8.63. The molecule has 0 unspecified atom stereocenters. The van der Waals surface area contributed by atoms with Crippen molar-refractivity contribution in [1.29, 1.82) is 0 Å². The molecule has 0 saturated heterocycles. The Labute approximate surface area is 152 Å². The molecule has 1 aliphatic carbocycles. The number of aryl methyl sites for hydroxylation is 2. The van der Waals surface area contributed by atoms with E-state index < -0.39 is 0 Å². The molecule has 0 radical (unpaired) electrons. The highest BCUT2D eigenvalue weighted by molar-refractivity contribution is 6.01. The number of phenols is 2. The number of nitrogens with one attached hydrogen (secondary N) is 1. The number of aromatic hydroxyl groups is 2. The molecule has 3 rings (SSSR count). The summed E-state index contributed by atoms with van der Waals surface area (Å²) in [4.78, 5) is 11.9. The summed E-state index contributed by atoms with van der Waals surface area (Å²) in [6.45, 7) is 1.51. The highest BCUT2D eigenvalue weighted by Crippen LogP contribution is 2.25.